The zero-order valence-corrected chi connectivity index (χ0v) is 15.0. The lowest BCUT2D eigenvalue weighted by Gasteiger charge is -2.39. The highest BCUT2D eigenvalue weighted by Gasteiger charge is 2.34. The van der Waals surface area contributed by atoms with E-state index in [1.54, 1.807) is 30.1 Å². The van der Waals surface area contributed by atoms with Crippen molar-refractivity contribution in [2.24, 2.45) is 5.92 Å². The molecule has 1 saturated heterocycles. The van der Waals surface area contributed by atoms with Crippen LogP contribution in [0.4, 0.5) is 17.2 Å². The Kier molecular flexibility index (Phi) is 4.44. The van der Waals surface area contributed by atoms with Gasteiger partial charge < -0.3 is 10.2 Å². The minimum absolute atomic E-state index is 0.0525. The number of aromatic nitrogens is 4. The third-order valence-electron chi connectivity index (χ3n) is 4.64. The van der Waals surface area contributed by atoms with Crippen LogP contribution in [0.1, 0.15) is 5.56 Å². The van der Waals surface area contributed by atoms with Crippen LogP contribution < -0.4 is 10.2 Å². The minimum atomic E-state index is -0.480. The van der Waals surface area contributed by atoms with E-state index >= 15 is 0 Å². The van der Waals surface area contributed by atoms with Gasteiger partial charge in [0.05, 0.1) is 16.5 Å². The number of hydrogen-bond acceptors (Lipinski definition) is 7. The average molecular weight is 379 g/mol. The summed E-state index contributed by atoms with van der Waals surface area (Å²) in [6.07, 6.45) is 4.92. The molecule has 10 nitrogen and oxygen atoms in total. The number of carbonyl (C=O) groups excluding carboxylic acids is 1. The molecule has 1 N–H and O–H groups in total. The van der Waals surface area contributed by atoms with Gasteiger partial charge in [-0.1, -0.05) is 6.07 Å². The first-order valence-electron chi connectivity index (χ1n) is 8.64. The number of non-ortho nitro benzene ring substituents is 1. The lowest BCUT2D eigenvalue weighted by atomic mass is 9.99. The Morgan fingerprint density at radius 1 is 1.25 bits per heavy atom. The molecule has 10 heteroatoms. The summed E-state index contributed by atoms with van der Waals surface area (Å²) < 4.78 is 1.64. The molecule has 0 radical (unpaired) electrons. The van der Waals surface area contributed by atoms with Crippen molar-refractivity contribution in [1.29, 1.82) is 0 Å². The zero-order chi connectivity index (χ0) is 19.7. The van der Waals surface area contributed by atoms with Gasteiger partial charge in [0.2, 0.25) is 5.91 Å². The fraction of sp³-hybridized carbons (Fsp3) is 0.222. The lowest BCUT2D eigenvalue weighted by Crippen LogP contribution is -2.52. The second kappa shape index (κ2) is 7.06. The molecule has 1 fully saturated rings. The second-order valence-electron chi connectivity index (χ2n) is 6.53. The maximum Gasteiger partial charge on any atom is 0.271 e. The molecule has 2 aromatic heterocycles. The summed E-state index contributed by atoms with van der Waals surface area (Å²) in [7, 11) is 0. The number of nitro groups is 1. The molecule has 3 heterocycles. The van der Waals surface area contributed by atoms with Gasteiger partial charge in [-0.15, -0.1) is 0 Å². The van der Waals surface area contributed by atoms with Gasteiger partial charge in [-0.3, -0.25) is 14.9 Å². The zero-order valence-electron chi connectivity index (χ0n) is 15.0. The topological polar surface area (TPSA) is 119 Å². The third-order valence-corrected chi connectivity index (χ3v) is 4.64. The predicted octanol–water partition coefficient (Wildman–Crippen LogP) is 1.95. The van der Waals surface area contributed by atoms with Crippen LogP contribution >= 0.6 is 0 Å². The molecule has 0 bridgehead atoms. The number of aryl methyl sites for hydroxylation is 1. The Balaban J connectivity index is 1.40. The molecule has 4 rings (SSSR count). The number of nitrogens with zero attached hydrogens (tertiary/aromatic N) is 6. The van der Waals surface area contributed by atoms with Crippen molar-refractivity contribution >= 4 is 23.1 Å². The van der Waals surface area contributed by atoms with Crippen LogP contribution in [0.15, 0.2) is 49.1 Å². The number of anilines is 2. The van der Waals surface area contributed by atoms with Gasteiger partial charge in [-0.2, -0.15) is 5.10 Å². The van der Waals surface area contributed by atoms with Gasteiger partial charge in [0.15, 0.2) is 5.82 Å². The monoisotopic (exact) mass is 379 g/mol. The van der Waals surface area contributed by atoms with Crippen molar-refractivity contribution in [1.82, 2.24) is 19.7 Å². The van der Waals surface area contributed by atoms with Crippen LogP contribution in [-0.4, -0.2) is 43.7 Å². The summed E-state index contributed by atoms with van der Waals surface area (Å²) in [5.41, 5.74) is 1.18. The molecule has 28 heavy (non-hydrogen) atoms. The summed E-state index contributed by atoms with van der Waals surface area (Å²) in [6, 6.07) is 8.04. The molecule has 0 unspecified atom stereocenters. The first-order valence-corrected chi connectivity index (χ1v) is 8.64. The van der Waals surface area contributed by atoms with Crippen LogP contribution in [0.25, 0.3) is 5.82 Å². The largest absolute Gasteiger partial charge is 0.355 e. The molecule has 0 atom stereocenters. The molecule has 1 aliphatic rings. The first kappa shape index (κ1) is 17.6. The van der Waals surface area contributed by atoms with Gasteiger partial charge in [0.1, 0.15) is 12.1 Å². The Hall–Kier alpha value is -3.82. The summed E-state index contributed by atoms with van der Waals surface area (Å²) in [4.78, 5) is 33.4. The van der Waals surface area contributed by atoms with E-state index in [-0.39, 0.29) is 17.5 Å². The number of nitro benzene ring substituents is 1. The standard InChI is InChI=1S/C18H17N7O3/c1-12-3-4-14(25(27)28)7-15(12)22-18(26)13-9-23(10-13)16-8-17(20-11-19-16)24-6-2-5-21-24/h2-8,11,13H,9-10H2,1H3,(H,22,26). The number of amides is 1. The quantitative estimate of drug-likeness (QED) is 0.531. The third kappa shape index (κ3) is 3.39. The molecule has 1 aliphatic heterocycles. The second-order valence-corrected chi connectivity index (χ2v) is 6.53. The van der Waals surface area contributed by atoms with Crippen LogP contribution in [0.2, 0.25) is 0 Å². The van der Waals surface area contributed by atoms with E-state index in [0.717, 1.165) is 11.4 Å². The molecule has 142 valence electrons. The van der Waals surface area contributed by atoms with Crippen LogP contribution in [-0.2, 0) is 4.79 Å². The van der Waals surface area contributed by atoms with Gasteiger partial charge in [0, 0.05) is 43.7 Å². The van der Waals surface area contributed by atoms with E-state index in [9.17, 15) is 14.9 Å². The molecule has 0 aliphatic carbocycles. The maximum atomic E-state index is 12.5. The summed E-state index contributed by atoms with van der Waals surface area (Å²) in [6.45, 7) is 2.81. The summed E-state index contributed by atoms with van der Waals surface area (Å²) in [5, 5.41) is 17.9. The van der Waals surface area contributed by atoms with E-state index in [1.165, 1.54) is 18.5 Å². The van der Waals surface area contributed by atoms with E-state index in [2.05, 4.69) is 20.4 Å². The number of nitrogens with one attached hydrogen (secondary N) is 1. The molecule has 1 aromatic carbocycles. The number of hydrogen-bond donors (Lipinski definition) is 1. The van der Waals surface area contributed by atoms with Crippen LogP contribution in [0.5, 0.6) is 0 Å². The molecular formula is C18H17N7O3. The van der Waals surface area contributed by atoms with E-state index in [4.69, 9.17) is 0 Å². The van der Waals surface area contributed by atoms with Gasteiger partial charge in [-0.05, 0) is 18.6 Å². The molecule has 3 aromatic rings. The van der Waals surface area contributed by atoms with E-state index < -0.39 is 4.92 Å². The highest BCUT2D eigenvalue weighted by Crippen LogP contribution is 2.26. The minimum Gasteiger partial charge on any atom is -0.355 e. The van der Waals surface area contributed by atoms with Gasteiger partial charge in [0.25, 0.3) is 5.69 Å². The Morgan fingerprint density at radius 3 is 2.75 bits per heavy atom. The molecule has 0 spiro atoms. The van der Waals surface area contributed by atoms with E-state index in [0.29, 0.717) is 24.6 Å². The number of carbonyl (C=O) groups is 1. The van der Waals surface area contributed by atoms with Crippen molar-refractivity contribution in [3.05, 3.63) is 64.7 Å². The molecular weight excluding hydrogens is 362 g/mol. The number of benzene rings is 1. The van der Waals surface area contributed by atoms with Crippen LogP contribution in [0.3, 0.4) is 0 Å². The first-order chi connectivity index (χ1) is 13.5. The van der Waals surface area contributed by atoms with Crippen molar-refractivity contribution in [2.75, 3.05) is 23.3 Å². The van der Waals surface area contributed by atoms with E-state index in [1.807, 2.05) is 17.0 Å². The fourth-order valence-electron chi connectivity index (χ4n) is 2.96. The number of rotatable bonds is 5. The average Bonchev–Trinajstić information content (AvgIpc) is 3.17. The fourth-order valence-corrected chi connectivity index (χ4v) is 2.96. The summed E-state index contributed by atoms with van der Waals surface area (Å²) >= 11 is 0. The van der Waals surface area contributed by atoms with Gasteiger partial charge in [-0.25, -0.2) is 14.6 Å². The smallest absolute Gasteiger partial charge is 0.271 e. The SMILES string of the molecule is Cc1ccc([N+](=O)[O-])cc1NC(=O)C1CN(c2cc(-n3cccn3)ncn2)C1. The van der Waals surface area contributed by atoms with Crippen molar-refractivity contribution in [3.8, 4) is 5.82 Å². The highest BCUT2D eigenvalue weighted by molar-refractivity contribution is 5.95. The molecule has 1 amide bonds. The Labute approximate surface area is 160 Å². The van der Waals surface area contributed by atoms with Crippen molar-refractivity contribution < 1.29 is 9.72 Å². The van der Waals surface area contributed by atoms with Crippen molar-refractivity contribution in [3.63, 3.8) is 0 Å². The Morgan fingerprint density at radius 2 is 2.04 bits per heavy atom. The van der Waals surface area contributed by atoms with Crippen molar-refractivity contribution in [2.45, 2.75) is 6.92 Å². The normalized spacial score (nSPS) is 13.8. The summed E-state index contributed by atoms with van der Waals surface area (Å²) in [5.74, 6) is 0.981. The van der Waals surface area contributed by atoms with Crippen LogP contribution in [0, 0.1) is 23.0 Å². The lowest BCUT2D eigenvalue weighted by molar-refractivity contribution is -0.384. The predicted molar refractivity (Wildman–Crippen MR) is 101 cm³/mol. The maximum absolute atomic E-state index is 12.5. The Bertz CT molecular complexity index is 1030. The van der Waals surface area contributed by atoms with Gasteiger partial charge >= 0.3 is 0 Å². The highest BCUT2D eigenvalue weighted by atomic mass is 16.6. The molecule has 0 saturated carbocycles.